The van der Waals surface area contributed by atoms with Crippen molar-refractivity contribution in [3.8, 4) is 12.1 Å². The van der Waals surface area contributed by atoms with Crippen molar-refractivity contribution in [3.63, 3.8) is 0 Å². The standard InChI is InChI=1S/C25H32N8O5S2.C23H28N8O2S.C22H26N6O6S2.C21H29N11O4S/c1-5-38-23(35)22-16(4)28-25(39-22)31-24-29-19(12-20(30-24)33-11-10-26-21(34)14-33)27-13-17-6-8-18(9-7-17)32-40(36,37)15(2)3;1-3-33-21(32)20-15(2)26-23(34-20)29-22-27-18(30-8-4-16(13-24)5-9-30)12-19(28-22)31-10-6-17(14-25)7-11-31;1-3-34-20(29)19-14(2)24-22(35-19)27-21-25-17(12-18(26-21)28-8-10-33-11-9-28)23-13-15-4-6-16(7-5-15)36(30,31)32;1-5-35-18(33)17-13(3)22-20(37-17)25-19-23-15(30(4)12-14-26-28-29-27-14)11-16(24-19)31-7-9-32(10-8-31)21(34)36-6-2/h6-9,12,15,32H,5,10-11,13-14H2,1-4H3,(H,26,34)(H2,27,28,29,30,31);12,16-17H,3-11H2,1-2H3,(H,26,27,28,29);4-7,12H,3,8-11,13H2,1-2H3,(H,30,31,32)(H2,23,24,25,26,27);11H,5-10,12H2,1-4H3,(H,22,23,24,25)(H,26,27,28,29). The monoisotopic (exact) mass is 2130 g/mol. The van der Waals surface area contributed by atoms with Crippen molar-refractivity contribution >= 4 is 198 Å². The number of hydrogen-bond donors (Lipinski definition) is 10. The summed E-state index contributed by atoms with van der Waals surface area (Å²) < 4.78 is 89.5. The lowest BCUT2D eigenvalue weighted by Crippen LogP contribution is -2.49. The summed E-state index contributed by atoms with van der Waals surface area (Å²) in [4.78, 5) is 143. The number of carbonyl (C=O) groups excluding carboxylic acids is 6. The van der Waals surface area contributed by atoms with Gasteiger partial charge in [0.2, 0.25) is 39.7 Å². The quantitative estimate of drug-likeness (QED) is 0.0100. The summed E-state index contributed by atoms with van der Waals surface area (Å²) in [5.41, 5.74) is 4.42. The maximum atomic E-state index is 12.2. The number of anilines is 17. The Morgan fingerprint density at radius 2 is 0.891 bits per heavy atom. The number of H-pyrrole nitrogens is 1. The molecule has 14 heterocycles. The highest BCUT2D eigenvalue weighted by Crippen LogP contribution is 2.36. The van der Waals surface area contributed by atoms with Crippen LogP contribution in [0.1, 0.15) is 153 Å². The molecule has 0 saturated carbocycles. The lowest BCUT2D eigenvalue weighted by Gasteiger charge is -2.35. The third-order valence-electron chi connectivity index (χ3n) is 22.7. The molecule has 147 heavy (non-hydrogen) atoms. The van der Waals surface area contributed by atoms with E-state index in [9.17, 15) is 56.1 Å². The smallest absolute Gasteiger partial charge is 0.409 e. The molecule has 0 bridgehead atoms. The van der Waals surface area contributed by atoms with E-state index in [1.807, 2.05) is 47.2 Å². The highest BCUT2D eigenvalue weighted by atomic mass is 32.2. The molecule has 50 nitrogen and oxygen atoms in total. The van der Waals surface area contributed by atoms with Crippen LogP contribution in [0.4, 0.5) is 101 Å². The highest BCUT2D eigenvalue weighted by molar-refractivity contribution is 7.93. The molecule has 5 saturated heterocycles. The van der Waals surface area contributed by atoms with Crippen molar-refractivity contribution in [2.75, 3.05) is 204 Å². The first kappa shape index (κ1) is 109. The second kappa shape index (κ2) is 51.8. The van der Waals surface area contributed by atoms with E-state index in [4.69, 9.17) is 47.9 Å². The third kappa shape index (κ3) is 30.9. The number of ether oxygens (including phenoxy) is 6. The maximum Gasteiger partial charge on any atom is 0.409 e. The normalized spacial score (nSPS) is 14.5. The van der Waals surface area contributed by atoms with Gasteiger partial charge in [-0.1, -0.05) is 74.8 Å². The van der Waals surface area contributed by atoms with Crippen LogP contribution in [0.3, 0.4) is 0 Å². The van der Waals surface area contributed by atoms with Gasteiger partial charge in [-0.05, 0) is 137 Å². The second-order valence-electron chi connectivity index (χ2n) is 33.5. The molecule has 56 heteroatoms. The lowest BCUT2D eigenvalue weighted by molar-refractivity contribution is -0.120. The Bertz CT molecular complexity index is 6650. The average Bonchev–Trinajstić information content (AvgIpc) is 1.48. The predicted molar refractivity (Wildman–Crippen MR) is 554 cm³/mol. The van der Waals surface area contributed by atoms with E-state index in [0.717, 1.165) is 97.3 Å². The van der Waals surface area contributed by atoms with Crippen LogP contribution in [0.2, 0.25) is 0 Å². The molecule has 5 aliphatic heterocycles. The minimum Gasteiger partial charge on any atom is -0.462 e. The number of piperazine rings is 2. The van der Waals surface area contributed by atoms with E-state index in [0.29, 0.717) is 225 Å². The number of carbonyl (C=O) groups is 6. The molecule has 9 aromatic heterocycles. The van der Waals surface area contributed by atoms with Crippen molar-refractivity contribution in [3.05, 3.63) is 132 Å². The Labute approximate surface area is 864 Å². The van der Waals surface area contributed by atoms with Gasteiger partial charge in [-0.15, -0.1) is 10.2 Å². The molecule has 0 aliphatic carbocycles. The number of tetrazole rings is 1. The minimum atomic E-state index is -4.25. The van der Waals surface area contributed by atoms with Crippen LogP contribution in [-0.4, -0.2) is 286 Å². The number of esters is 4. The van der Waals surface area contributed by atoms with E-state index in [-0.39, 0.29) is 67.0 Å². The van der Waals surface area contributed by atoms with Crippen molar-refractivity contribution in [1.82, 2.24) is 90.6 Å². The number of morpholine rings is 1. The molecule has 782 valence electrons. The van der Waals surface area contributed by atoms with Gasteiger partial charge in [0.15, 0.2) is 26.4 Å². The Kier molecular flexibility index (Phi) is 38.5. The summed E-state index contributed by atoms with van der Waals surface area (Å²) in [6.07, 6.45) is 2.91. The van der Waals surface area contributed by atoms with Crippen LogP contribution in [-0.2, 0) is 73.0 Å². The van der Waals surface area contributed by atoms with Crippen molar-refractivity contribution in [1.29, 1.82) is 10.5 Å². The van der Waals surface area contributed by atoms with Gasteiger partial charge < -0.3 is 78.7 Å². The van der Waals surface area contributed by atoms with Crippen LogP contribution in [0, 0.1) is 62.2 Å². The number of hydrogen-bond acceptors (Lipinski definition) is 49. The molecule has 5 aliphatic rings. The number of sulfonamides is 1. The summed E-state index contributed by atoms with van der Waals surface area (Å²) in [7, 11) is -5.82. The van der Waals surface area contributed by atoms with Crippen molar-refractivity contribution < 1.29 is 78.6 Å². The van der Waals surface area contributed by atoms with E-state index in [1.54, 1.807) is 111 Å². The lowest BCUT2D eigenvalue weighted by atomic mass is 9.98. The van der Waals surface area contributed by atoms with Gasteiger partial charge in [0, 0.05) is 140 Å². The number of benzene rings is 2. The summed E-state index contributed by atoms with van der Waals surface area (Å²) in [5, 5.41) is 55.6. The number of piperidine rings is 2. The second-order valence-corrected chi connectivity index (χ2v) is 41.2. The fourth-order valence-electron chi connectivity index (χ4n) is 15.0. The van der Waals surface area contributed by atoms with E-state index in [1.165, 1.54) is 34.8 Å². The number of aromatic amines is 1. The average molecular weight is 2140 g/mol. The number of aryl methyl sites for hydroxylation is 4. The van der Waals surface area contributed by atoms with Crippen molar-refractivity contribution in [2.24, 2.45) is 11.8 Å². The van der Waals surface area contributed by atoms with E-state index in [2.05, 4.69) is 139 Å². The zero-order chi connectivity index (χ0) is 105. The van der Waals surface area contributed by atoms with Gasteiger partial charge in [0.05, 0.1) is 104 Å². The molecule has 2 amide bonds. The molecule has 0 atom stereocenters. The zero-order valence-corrected chi connectivity index (χ0v) is 87.8. The highest BCUT2D eigenvalue weighted by Gasteiger charge is 2.32. The van der Waals surface area contributed by atoms with Gasteiger partial charge in [0.25, 0.3) is 10.1 Å². The molecule has 0 spiro atoms. The summed E-state index contributed by atoms with van der Waals surface area (Å²) in [6, 6.07) is 25.1. The van der Waals surface area contributed by atoms with E-state index < -0.39 is 43.3 Å². The Hall–Kier alpha value is -14.8. The first-order chi connectivity index (χ1) is 70.6. The van der Waals surface area contributed by atoms with Crippen LogP contribution in [0.5, 0.6) is 0 Å². The van der Waals surface area contributed by atoms with Gasteiger partial charge >= 0.3 is 30.0 Å². The number of amides is 2. The van der Waals surface area contributed by atoms with Gasteiger partial charge in [-0.3, -0.25) is 35.3 Å². The zero-order valence-electron chi connectivity index (χ0n) is 82.9. The number of aromatic nitrogens is 16. The van der Waals surface area contributed by atoms with Gasteiger partial charge in [-0.2, -0.15) is 64.0 Å². The first-order valence-corrected chi connectivity index (χ1v) is 53.5. The number of thiazole rings is 4. The fourth-order valence-corrected chi connectivity index (χ4v) is 19.6. The minimum absolute atomic E-state index is 0.0831. The number of nitrogens with one attached hydrogen (secondary N) is 9. The van der Waals surface area contributed by atoms with Crippen LogP contribution in [0.15, 0.2) is 77.7 Å². The SMILES string of the molecule is CCOC(=O)c1sc(Nc2nc(N(C)Cc3nn[nH]n3)cc(N3CCN(C(=O)OCC)CC3)n2)nc1C.CCOC(=O)c1sc(Nc2nc(N3CCC(C#N)CC3)cc(N3CCC(C#N)CC3)n2)nc1C.CCOC(=O)c1sc(Nc2nc(NCc3ccc(NS(=O)(=O)C(C)C)cc3)cc(N3CCNC(=O)C3)n2)nc1C.CCOC(=O)c1sc(Nc2nc(NCc3ccc(S(=O)(=O)O)cc3)cc(N3CCOCC3)n2)nc1C. The van der Waals surface area contributed by atoms with Gasteiger partial charge in [-0.25, -0.2) is 52.3 Å². The van der Waals surface area contributed by atoms with Crippen LogP contribution in [0.25, 0.3) is 0 Å². The topological polar surface area (TPSA) is 622 Å². The molecule has 16 rings (SSSR count). The molecular weight excluding hydrogens is 2020 g/mol. The summed E-state index contributed by atoms with van der Waals surface area (Å²) in [5.74, 6) is 5.32. The Balaban J connectivity index is 0.000000164. The summed E-state index contributed by atoms with van der Waals surface area (Å²) in [6.45, 7) is 30.6. The van der Waals surface area contributed by atoms with Gasteiger partial charge in [0.1, 0.15) is 66.1 Å². The fraction of sp³-hybridized carbons (Fsp3) is 0.462. The van der Waals surface area contributed by atoms with E-state index >= 15 is 0 Å². The first-order valence-electron chi connectivity index (χ1n) is 47.3. The third-order valence-corrected chi connectivity index (χ3v) is 29.6. The maximum absolute atomic E-state index is 12.2. The number of nitriles is 2. The number of nitrogens with zero attached hydrogens (tertiary/aromatic N) is 24. The number of rotatable bonds is 35. The molecule has 2 aromatic carbocycles. The van der Waals surface area contributed by atoms with Crippen LogP contribution < -0.4 is 71.3 Å². The molecule has 5 fully saturated rings. The molecule has 11 aromatic rings. The molecule has 0 unspecified atom stereocenters. The largest absolute Gasteiger partial charge is 0.462 e. The summed E-state index contributed by atoms with van der Waals surface area (Å²) >= 11 is 4.70. The Morgan fingerprint density at radius 3 is 1.29 bits per heavy atom. The van der Waals surface area contributed by atoms with Crippen LogP contribution >= 0.6 is 45.3 Å². The Morgan fingerprint density at radius 1 is 0.503 bits per heavy atom. The van der Waals surface area contributed by atoms with Crippen molar-refractivity contribution in [2.45, 2.75) is 132 Å². The molecule has 0 radical (unpaired) electrons. The molecule has 10 N–H and O–H groups in total. The predicted octanol–water partition coefficient (Wildman–Crippen LogP) is 10.9. The molecular formula is C91H115N33O17S6.